The van der Waals surface area contributed by atoms with Gasteiger partial charge in [-0.15, -0.1) is 0 Å². The molecule has 0 aliphatic carbocycles. The van der Waals surface area contributed by atoms with Crippen molar-refractivity contribution < 1.29 is 9.84 Å². The zero-order valence-corrected chi connectivity index (χ0v) is 7.63. The standard InChI is InChI=1S/C10H13NO2/c1-13-8-4-7-2-3-11-6-9(7)10(12)5-8/h4-5,11-12H,2-3,6H2,1H3. The highest BCUT2D eigenvalue weighted by molar-refractivity contribution is 5.46. The topological polar surface area (TPSA) is 41.5 Å². The number of hydrogen-bond donors (Lipinski definition) is 2. The summed E-state index contributed by atoms with van der Waals surface area (Å²) in [4.78, 5) is 0. The first-order chi connectivity index (χ1) is 6.31. The minimum absolute atomic E-state index is 0.335. The summed E-state index contributed by atoms with van der Waals surface area (Å²) in [5.74, 6) is 1.07. The maximum absolute atomic E-state index is 9.65. The predicted octanol–water partition coefficient (Wildman–Crippen LogP) is 1.05. The van der Waals surface area contributed by atoms with Crippen LogP contribution in [0.3, 0.4) is 0 Å². The molecule has 2 rings (SSSR count). The van der Waals surface area contributed by atoms with Gasteiger partial charge in [0.15, 0.2) is 0 Å². The Balaban J connectivity index is 2.47. The Morgan fingerprint density at radius 2 is 2.31 bits per heavy atom. The fraction of sp³-hybridized carbons (Fsp3) is 0.400. The van der Waals surface area contributed by atoms with Crippen molar-refractivity contribution in [3.8, 4) is 11.5 Å². The lowest BCUT2D eigenvalue weighted by atomic mass is 10.00. The first kappa shape index (κ1) is 8.38. The Labute approximate surface area is 77.3 Å². The van der Waals surface area contributed by atoms with Crippen LogP contribution in [0, 0.1) is 0 Å². The third-order valence-corrected chi connectivity index (χ3v) is 2.40. The summed E-state index contributed by atoms with van der Waals surface area (Å²) < 4.78 is 5.08. The molecule has 1 aliphatic heterocycles. The van der Waals surface area contributed by atoms with Crippen molar-refractivity contribution in [3.05, 3.63) is 23.3 Å². The molecule has 0 bridgehead atoms. The molecular weight excluding hydrogens is 166 g/mol. The molecule has 13 heavy (non-hydrogen) atoms. The lowest BCUT2D eigenvalue weighted by Crippen LogP contribution is -2.23. The van der Waals surface area contributed by atoms with Crippen LogP contribution in [-0.4, -0.2) is 18.8 Å². The largest absolute Gasteiger partial charge is 0.507 e. The zero-order valence-electron chi connectivity index (χ0n) is 7.63. The minimum Gasteiger partial charge on any atom is -0.507 e. The van der Waals surface area contributed by atoms with Crippen LogP contribution >= 0.6 is 0 Å². The SMILES string of the molecule is COc1cc(O)c2c(c1)CCNC2. The predicted molar refractivity (Wildman–Crippen MR) is 50.1 cm³/mol. The molecule has 0 spiro atoms. The molecule has 0 atom stereocenters. The first-order valence-corrected chi connectivity index (χ1v) is 4.40. The second-order valence-electron chi connectivity index (χ2n) is 3.21. The maximum Gasteiger partial charge on any atom is 0.124 e. The molecule has 0 radical (unpaired) electrons. The Hall–Kier alpha value is -1.22. The fourth-order valence-electron chi connectivity index (χ4n) is 1.67. The number of ether oxygens (including phenoxy) is 1. The van der Waals surface area contributed by atoms with E-state index < -0.39 is 0 Å². The van der Waals surface area contributed by atoms with Crippen molar-refractivity contribution in [1.29, 1.82) is 0 Å². The number of rotatable bonds is 1. The molecule has 1 heterocycles. The van der Waals surface area contributed by atoms with E-state index in [1.165, 1.54) is 5.56 Å². The van der Waals surface area contributed by atoms with Crippen molar-refractivity contribution >= 4 is 0 Å². The number of aromatic hydroxyl groups is 1. The van der Waals surface area contributed by atoms with Crippen molar-refractivity contribution in [1.82, 2.24) is 5.32 Å². The van der Waals surface area contributed by atoms with E-state index in [9.17, 15) is 5.11 Å². The summed E-state index contributed by atoms with van der Waals surface area (Å²) >= 11 is 0. The number of nitrogens with one attached hydrogen (secondary N) is 1. The average molecular weight is 179 g/mol. The van der Waals surface area contributed by atoms with Crippen LogP contribution in [-0.2, 0) is 13.0 Å². The van der Waals surface area contributed by atoms with E-state index in [0.29, 0.717) is 5.75 Å². The first-order valence-electron chi connectivity index (χ1n) is 4.40. The van der Waals surface area contributed by atoms with Crippen molar-refractivity contribution in [3.63, 3.8) is 0 Å². The van der Waals surface area contributed by atoms with E-state index in [0.717, 1.165) is 30.8 Å². The van der Waals surface area contributed by atoms with Crippen LogP contribution in [0.4, 0.5) is 0 Å². The number of hydrogen-bond acceptors (Lipinski definition) is 3. The second-order valence-corrected chi connectivity index (χ2v) is 3.21. The normalized spacial score (nSPS) is 15.2. The van der Waals surface area contributed by atoms with Gasteiger partial charge in [-0.2, -0.15) is 0 Å². The van der Waals surface area contributed by atoms with E-state index >= 15 is 0 Å². The van der Waals surface area contributed by atoms with Gasteiger partial charge in [-0.05, 0) is 24.6 Å². The van der Waals surface area contributed by atoms with Gasteiger partial charge < -0.3 is 15.2 Å². The molecule has 0 saturated heterocycles. The Morgan fingerprint density at radius 1 is 1.46 bits per heavy atom. The van der Waals surface area contributed by atoms with E-state index in [-0.39, 0.29) is 0 Å². The summed E-state index contributed by atoms with van der Waals surface area (Å²) in [6, 6.07) is 3.65. The minimum atomic E-state index is 0.335. The lowest BCUT2D eigenvalue weighted by Gasteiger charge is -2.18. The van der Waals surface area contributed by atoms with Gasteiger partial charge in [0.1, 0.15) is 11.5 Å². The Bertz CT molecular complexity index is 323. The van der Waals surface area contributed by atoms with Crippen LogP contribution in [0.15, 0.2) is 12.1 Å². The Kier molecular flexibility index (Phi) is 2.10. The van der Waals surface area contributed by atoms with Gasteiger partial charge in [0.2, 0.25) is 0 Å². The number of fused-ring (bicyclic) bond motifs is 1. The molecule has 0 amide bonds. The summed E-state index contributed by atoms with van der Waals surface area (Å²) in [6.07, 6.45) is 0.958. The number of benzene rings is 1. The molecule has 0 saturated carbocycles. The lowest BCUT2D eigenvalue weighted by molar-refractivity contribution is 0.403. The van der Waals surface area contributed by atoms with Crippen molar-refractivity contribution in [2.45, 2.75) is 13.0 Å². The third-order valence-electron chi connectivity index (χ3n) is 2.40. The molecule has 3 nitrogen and oxygen atoms in total. The van der Waals surface area contributed by atoms with Crippen LogP contribution in [0.1, 0.15) is 11.1 Å². The van der Waals surface area contributed by atoms with E-state index in [4.69, 9.17) is 4.74 Å². The average Bonchev–Trinajstić information content (AvgIpc) is 2.18. The molecule has 0 fully saturated rings. The summed E-state index contributed by atoms with van der Waals surface area (Å²) in [5.41, 5.74) is 2.20. The molecule has 1 aliphatic rings. The Morgan fingerprint density at radius 3 is 3.08 bits per heavy atom. The highest BCUT2D eigenvalue weighted by atomic mass is 16.5. The summed E-state index contributed by atoms with van der Waals surface area (Å²) in [6.45, 7) is 1.73. The van der Waals surface area contributed by atoms with Crippen LogP contribution in [0.2, 0.25) is 0 Å². The maximum atomic E-state index is 9.65. The summed E-state index contributed by atoms with van der Waals surface area (Å²) in [7, 11) is 1.61. The quantitative estimate of drug-likeness (QED) is 0.677. The molecule has 70 valence electrons. The van der Waals surface area contributed by atoms with Gasteiger partial charge in [0.05, 0.1) is 7.11 Å². The molecule has 0 unspecified atom stereocenters. The monoisotopic (exact) mass is 179 g/mol. The summed E-state index contributed by atoms with van der Waals surface area (Å²) in [5, 5.41) is 12.9. The van der Waals surface area contributed by atoms with E-state index in [2.05, 4.69) is 5.32 Å². The van der Waals surface area contributed by atoms with Gasteiger partial charge in [0, 0.05) is 18.2 Å². The molecule has 1 aromatic rings. The molecule has 1 aromatic carbocycles. The van der Waals surface area contributed by atoms with Crippen LogP contribution in [0.25, 0.3) is 0 Å². The van der Waals surface area contributed by atoms with Gasteiger partial charge in [-0.3, -0.25) is 0 Å². The van der Waals surface area contributed by atoms with Gasteiger partial charge >= 0.3 is 0 Å². The third kappa shape index (κ3) is 1.47. The van der Waals surface area contributed by atoms with E-state index in [1.807, 2.05) is 6.07 Å². The van der Waals surface area contributed by atoms with Crippen LogP contribution in [0.5, 0.6) is 11.5 Å². The highest BCUT2D eigenvalue weighted by Gasteiger charge is 2.13. The molecule has 3 heteroatoms. The van der Waals surface area contributed by atoms with Crippen molar-refractivity contribution in [2.24, 2.45) is 0 Å². The van der Waals surface area contributed by atoms with Gasteiger partial charge in [-0.25, -0.2) is 0 Å². The number of phenolic OH excluding ortho intramolecular Hbond substituents is 1. The number of phenols is 1. The fourth-order valence-corrected chi connectivity index (χ4v) is 1.67. The smallest absolute Gasteiger partial charge is 0.124 e. The van der Waals surface area contributed by atoms with Crippen LogP contribution < -0.4 is 10.1 Å². The molecule has 0 aromatic heterocycles. The molecule has 2 N–H and O–H groups in total. The van der Waals surface area contributed by atoms with Gasteiger partial charge in [0.25, 0.3) is 0 Å². The van der Waals surface area contributed by atoms with Gasteiger partial charge in [-0.1, -0.05) is 0 Å². The van der Waals surface area contributed by atoms with E-state index in [1.54, 1.807) is 13.2 Å². The van der Waals surface area contributed by atoms with Crippen molar-refractivity contribution in [2.75, 3.05) is 13.7 Å². The second kappa shape index (κ2) is 3.26. The zero-order chi connectivity index (χ0) is 9.26. The number of methoxy groups -OCH3 is 1. The highest BCUT2D eigenvalue weighted by Crippen LogP contribution is 2.29. The molecular formula is C10H13NO2.